The number of rotatable bonds is 11. The topological polar surface area (TPSA) is 92.8 Å². The molecule has 1 N–H and O–H groups in total. The van der Waals surface area contributed by atoms with Crippen LogP contribution in [0.4, 0.5) is 5.69 Å². The van der Waals surface area contributed by atoms with E-state index >= 15 is 0 Å². The van der Waals surface area contributed by atoms with Gasteiger partial charge >= 0.3 is 0 Å². The number of anilines is 1. The molecule has 1 heterocycles. The van der Waals surface area contributed by atoms with Gasteiger partial charge in [-0.05, 0) is 45.0 Å². The minimum absolute atomic E-state index is 0.0105. The van der Waals surface area contributed by atoms with E-state index < -0.39 is 10.0 Å². The second-order valence-corrected chi connectivity index (χ2v) is 10.3. The Hall–Kier alpha value is -2.23. The van der Waals surface area contributed by atoms with Crippen molar-refractivity contribution >= 4 is 38.7 Å². The molecule has 1 amide bonds. The zero-order valence-corrected chi connectivity index (χ0v) is 20.3. The van der Waals surface area contributed by atoms with Gasteiger partial charge in [0.05, 0.1) is 6.61 Å². The van der Waals surface area contributed by atoms with Gasteiger partial charge in [-0.3, -0.25) is 9.59 Å². The molecule has 170 valence electrons. The van der Waals surface area contributed by atoms with Crippen LogP contribution in [-0.4, -0.2) is 44.1 Å². The van der Waals surface area contributed by atoms with Gasteiger partial charge in [-0.25, -0.2) is 8.42 Å². The number of carbonyl (C=O) groups is 2. The lowest BCUT2D eigenvalue weighted by Gasteiger charge is -2.21. The normalized spacial score (nSPS) is 11.5. The molecule has 0 bridgehead atoms. The Bertz CT molecular complexity index is 1040. The average molecular weight is 467 g/mol. The van der Waals surface area contributed by atoms with E-state index in [9.17, 15) is 18.0 Å². The van der Waals surface area contributed by atoms with Crippen LogP contribution in [0.1, 0.15) is 53.7 Å². The Labute approximate surface area is 188 Å². The summed E-state index contributed by atoms with van der Waals surface area (Å²) in [6.07, 6.45) is 0.100. The highest BCUT2D eigenvalue weighted by molar-refractivity contribution is 7.89. The number of carbonyl (C=O) groups excluding carboxylic acids is 2. The van der Waals surface area contributed by atoms with Gasteiger partial charge in [0.15, 0.2) is 5.78 Å². The average Bonchev–Trinajstić information content (AvgIpc) is 3.06. The van der Waals surface area contributed by atoms with Crippen molar-refractivity contribution in [3.63, 3.8) is 0 Å². The summed E-state index contributed by atoms with van der Waals surface area (Å²) in [5, 5.41) is 2.70. The zero-order chi connectivity index (χ0) is 23.2. The highest BCUT2D eigenvalue weighted by Crippen LogP contribution is 2.30. The van der Waals surface area contributed by atoms with Crippen LogP contribution in [-0.2, 0) is 14.8 Å². The molecule has 0 radical (unpaired) electrons. The molecule has 0 unspecified atom stereocenters. The van der Waals surface area contributed by atoms with Gasteiger partial charge in [-0.1, -0.05) is 13.8 Å². The lowest BCUT2D eigenvalue weighted by molar-refractivity contribution is -0.116. The second kappa shape index (κ2) is 10.9. The Morgan fingerprint density at radius 1 is 1.06 bits per heavy atom. The van der Waals surface area contributed by atoms with Crippen LogP contribution < -0.4 is 10.1 Å². The molecule has 9 heteroatoms. The first-order chi connectivity index (χ1) is 14.6. The van der Waals surface area contributed by atoms with E-state index in [0.29, 0.717) is 30.9 Å². The van der Waals surface area contributed by atoms with E-state index in [2.05, 4.69) is 5.32 Å². The fraction of sp³-hybridized carbons (Fsp3) is 0.455. The highest BCUT2D eigenvalue weighted by atomic mass is 32.2. The fourth-order valence-electron chi connectivity index (χ4n) is 3.26. The van der Waals surface area contributed by atoms with Crippen LogP contribution in [0.5, 0.6) is 5.75 Å². The molecular formula is C22H30N2O5S2. The van der Waals surface area contributed by atoms with Crippen LogP contribution in [0.3, 0.4) is 0 Å². The van der Waals surface area contributed by atoms with Crippen LogP contribution in [0.15, 0.2) is 29.2 Å². The van der Waals surface area contributed by atoms with Crippen LogP contribution >= 0.6 is 11.3 Å². The molecule has 0 aliphatic rings. The number of hydrogen-bond donors (Lipinski definition) is 1. The molecular weight excluding hydrogens is 436 g/mol. The maximum Gasteiger partial charge on any atom is 0.246 e. The van der Waals surface area contributed by atoms with Crippen molar-refractivity contribution in [3.05, 3.63) is 39.6 Å². The van der Waals surface area contributed by atoms with E-state index in [1.807, 2.05) is 19.9 Å². The van der Waals surface area contributed by atoms with E-state index in [4.69, 9.17) is 4.74 Å². The van der Waals surface area contributed by atoms with Crippen molar-refractivity contribution < 1.29 is 22.7 Å². The first-order valence-corrected chi connectivity index (χ1v) is 12.6. The zero-order valence-electron chi connectivity index (χ0n) is 18.6. The summed E-state index contributed by atoms with van der Waals surface area (Å²) in [6, 6.07) is 6.39. The summed E-state index contributed by atoms with van der Waals surface area (Å²) in [7, 11) is -3.77. The summed E-state index contributed by atoms with van der Waals surface area (Å²) in [5.41, 5.74) is 0.998. The lowest BCUT2D eigenvalue weighted by atomic mass is 10.1. The first-order valence-electron chi connectivity index (χ1n) is 10.3. The minimum atomic E-state index is -3.77. The van der Waals surface area contributed by atoms with E-state index in [1.54, 1.807) is 38.2 Å². The van der Waals surface area contributed by atoms with E-state index in [1.165, 1.54) is 16.4 Å². The number of sulfonamides is 1. The quantitative estimate of drug-likeness (QED) is 0.496. The van der Waals surface area contributed by atoms with Gasteiger partial charge in [0.2, 0.25) is 15.9 Å². The van der Waals surface area contributed by atoms with Crippen molar-refractivity contribution in [2.75, 3.05) is 25.0 Å². The smallest absolute Gasteiger partial charge is 0.246 e. The second-order valence-electron chi connectivity index (χ2n) is 6.98. The van der Waals surface area contributed by atoms with Crippen molar-refractivity contribution in [2.24, 2.45) is 0 Å². The minimum Gasteiger partial charge on any atom is -0.492 e. The van der Waals surface area contributed by atoms with Crippen LogP contribution in [0.2, 0.25) is 0 Å². The molecule has 0 atom stereocenters. The predicted molar refractivity (Wildman–Crippen MR) is 124 cm³/mol. The predicted octanol–water partition coefficient (Wildman–Crippen LogP) is 4.40. The number of aryl methyl sites for hydroxylation is 2. The third kappa shape index (κ3) is 6.15. The maximum atomic E-state index is 13.0. The Balaban J connectivity index is 2.16. The molecule has 1 aromatic carbocycles. The number of hydrogen-bond acceptors (Lipinski definition) is 6. The van der Waals surface area contributed by atoms with Gasteiger partial charge < -0.3 is 10.1 Å². The molecule has 31 heavy (non-hydrogen) atoms. The first kappa shape index (κ1) is 25.0. The third-order valence-electron chi connectivity index (χ3n) is 4.77. The fourth-order valence-corrected chi connectivity index (χ4v) is 5.82. The number of ether oxygens (including phenoxy) is 1. The van der Waals surface area contributed by atoms with Crippen molar-refractivity contribution in [1.29, 1.82) is 0 Å². The summed E-state index contributed by atoms with van der Waals surface area (Å²) in [6.45, 7) is 10.1. The van der Waals surface area contributed by atoms with Crippen molar-refractivity contribution in [3.8, 4) is 5.75 Å². The molecule has 1 aromatic heterocycles. The Kier molecular flexibility index (Phi) is 8.79. The number of thiophene rings is 1. The molecule has 2 rings (SSSR count). The molecule has 0 aliphatic carbocycles. The third-order valence-corrected chi connectivity index (χ3v) is 7.81. The highest BCUT2D eigenvalue weighted by Gasteiger charge is 2.26. The SMILES string of the molecule is CCOc1ccc(NC(=O)CCC(=O)c2cc(C)sc2C)cc1S(=O)(=O)N(CC)CC. The largest absolute Gasteiger partial charge is 0.492 e. The summed E-state index contributed by atoms with van der Waals surface area (Å²) >= 11 is 1.56. The molecule has 0 saturated heterocycles. The summed E-state index contributed by atoms with van der Waals surface area (Å²) in [4.78, 5) is 26.8. The molecule has 0 aliphatic heterocycles. The molecule has 2 aromatic rings. The van der Waals surface area contributed by atoms with E-state index in [-0.39, 0.29) is 35.2 Å². The van der Waals surface area contributed by atoms with Crippen LogP contribution in [0, 0.1) is 13.8 Å². The van der Waals surface area contributed by atoms with Gasteiger partial charge in [-0.2, -0.15) is 4.31 Å². The standard InChI is InChI=1S/C22H30N2O5S2/c1-6-24(7-2)31(27,28)21-14-17(9-11-20(21)29-8-3)23-22(26)12-10-19(25)18-13-15(4)30-16(18)5/h9,11,13-14H,6-8,10,12H2,1-5H3,(H,23,26). The molecule has 0 spiro atoms. The Morgan fingerprint density at radius 2 is 1.74 bits per heavy atom. The molecule has 0 fully saturated rings. The molecule has 0 saturated carbocycles. The molecule has 7 nitrogen and oxygen atoms in total. The summed E-state index contributed by atoms with van der Waals surface area (Å²) < 4.78 is 32.9. The number of nitrogens with one attached hydrogen (secondary N) is 1. The van der Waals surface area contributed by atoms with Gasteiger partial charge in [0, 0.05) is 46.9 Å². The van der Waals surface area contributed by atoms with Crippen LogP contribution in [0.25, 0.3) is 0 Å². The van der Waals surface area contributed by atoms with Gasteiger partial charge in [0.25, 0.3) is 0 Å². The maximum absolute atomic E-state index is 13.0. The van der Waals surface area contributed by atoms with Gasteiger partial charge in [-0.15, -0.1) is 11.3 Å². The monoisotopic (exact) mass is 466 g/mol. The number of benzene rings is 1. The Morgan fingerprint density at radius 3 is 2.29 bits per heavy atom. The van der Waals surface area contributed by atoms with Crippen molar-refractivity contribution in [1.82, 2.24) is 4.31 Å². The summed E-state index contributed by atoms with van der Waals surface area (Å²) in [5.74, 6) is -0.187. The number of ketones is 1. The van der Waals surface area contributed by atoms with Gasteiger partial charge in [0.1, 0.15) is 10.6 Å². The number of Topliss-reactive ketones (excluding diaryl/α,β-unsaturated/α-hetero) is 1. The van der Waals surface area contributed by atoms with E-state index in [0.717, 1.165) is 9.75 Å². The number of nitrogens with zero attached hydrogens (tertiary/aromatic N) is 1. The lowest BCUT2D eigenvalue weighted by Crippen LogP contribution is -2.31. The van der Waals surface area contributed by atoms with Crippen molar-refractivity contribution in [2.45, 2.75) is 52.4 Å². The number of amides is 1.